The third-order valence-corrected chi connectivity index (χ3v) is 4.72. The first-order valence-corrected chi connectivity index (χ1v) is 9.07. The van der Waals surface area contributed by atoms with Crippen LogP contribution in [0.5, 0.6) is 5.75 Å². The van der Waals surface area contributed by atoms with Gasteiger partial charge in [0.25, 0.3) is 11.1 Å². The molecular weight excluding hydrogens is 394 g/mol. The fourth-order valence-electron chi connectivity index (χ4n) is 3.03. The predicted octanol–water partition coefficient (Wildman–Crippen LogP) is -3.54. The van der Waals surface area contributed by atoms with E-state index in [-0.39, 0.29) is 32.6 Å². The van der Waals surface area contributed by atoms with Crippen LogP contribution in [0.2, 0.25) is 0 Å². The number of benzene rings is 1. The van der Waals surface area contributed by atoms with Gasteiger partial charge in [-0.1, -0.05) is 31.7 Å². The van der Waals surface area contributed by atoms with E-state index in [9.17, 15) is 19.1 Å². The van der Waals surface area contributed by atoms with E-state index in [1.807, 2.05) is 20.8 Å². The van der Waals surface area contributed by atoms with E-state index < -0.39 is 33.6 Å². The van der Waals surface area contributed by atoms with Crippen molar-refractivity contribution in [3.63, 3.8) is 0 Å². The highest BCUT2D eigenvalue weighted by Crippen LogP contribution is 2.24. The molecule has 0 aliphatic heterocycles. The minimum Gasteiger partial charge on any atom is -0.508 e. The minimum absolute atomic E-state index is 0.0336. The maximum absolute atomic E-state index is 13.9. The van der Waals surface area contributed by atoms with Crippen molar-refractivity contribution in [1.82, 2.24) is 19.9 Å². The van der Waals surface area contributed by atoms with Crippen LogP contribution in [0.1, 0.15) is 37.7 Å². The molecule has 0 fully saturated rings. The topological polar surface area (TPSA) is 115 Å². The molecule has 3 aromatic rings. The van der Waals surface area contributed by atoms with Crippen molar-refractivity contribution >= 4 is 59.3 Å². The van der Waals surface area contributed by atoms with E-state index in [1.165, 1.54) is 6.33 Å². The summed E-state index contributed by atoms with van der Waals surface area (Å²) in [5.74, 6) is -1.80. The van der Waals surface area contributed by atoms with Gasteiger partial charge in [0, 0.05) is 16.7 Å². The number of phenolic OH excluding ortho intramolecular Hbond substituents is 1. The lowest BCUT2D eigenvalue weighted by atomic mass is 9.73. The van der Waals surface area contributed by atoms with Crippen molar-refractivity contribution in [2.24, 2.45) is 0 Å². The number of imidazole rings is 1. The Morgan fingerprint density at radius 3 is 2.35 bits per heavy atom. The highest BCUT2D eigenvalue weighted by Gasteiger charge is 2.21. The molecule has 0 amide bonds. The van der Waals surface area contributed by atoms with Gasteiger partial charge < -0.3 is 20.1 Å². The first-order valence-electron chi connectivity index (χ1n) is 9.07. The van der Waals surface area contributed by atoms with Crippen molar-refractivity contribution in [2.45, 2.75) is 26.2 Å². The number of H-pyrrole nitrogens is 3. The third-order valence-electron chi connectivity index (χ3n) is 4.72. The lowest BCUT2D eigenvalue weighted by molar-refractivity contribution is 0.475. The molecule has 0 unspecified atom stereocenters. The number of aromatic nitrogens is 4. The summed E-state index contributed by atoms with van der Waals surface area (Å²) in [6.07, 6.45) is 2.47. The Balaban J connectivity index is 2.30. The van der Waals surface area contributed by atoms with E-state index in [2.05, 4.69) is 19.9 Å². The molecule has 0 saturated carbocycles. The summed E-state index contributed by atoms with van der Waals surface area (Å²) < 4.78 is 13.9. The molecule has 2 heterocycles. The van der Waals surface area contributed by atoms with Crippen LogP contribution >= 0.6 is 0 Å². The molecule has 0 aliphatic carbocycles. The first kappa shape index (κ1) is 22.5. The first-order chi connectivity index (χ1) is 14.3. The molecule has 0 atom stereocenters. The fourth-order valence-corrected chi connectivity index (χ4v) is 3.03. The SMILES string of the molecule is [B]/C(c1nc[nH]c1C(C)(C)C)=c1/[nH]c(=O)/c(=C/c2c([B])c([B])c(F)c([B])c2O)[nH]c1=O. The molecule has 4 N–H and O–H groups in total. The largest absolute Gasteiger partial charge is 0.508 e. The lowest BCUT2D eigenvalue weighted by Gasteiger charge is -2.18. The van der Waals surface area contributed by atoms with Gasteiger partial charge >= 0.3 is 0 Å². The number of rotatable bonds is 2. The van der Waals surface area contributed by atoms with Crippen LogP contribution in [0.4, 0.5) is 4.39 Å². The van der Waals surface area contributed by atoms with Crippen LogP contribution in [-0.4, -0.2) is 56.4 Å². The van der Waals surface area contributed by atoms with Gasteiger partial charge in [0.05, 0.1) is 12.0 Å². The number of hydrogen-bond donors (Lipinski definition) is 4. The molecule has 1 aromatic carbocycles. The molecule has 3 rings (SSSR count). The van der Waals surface area contributed by atoms with E-state index >= 15 is 0 Å². The zero-order valence-electron chi connectivity index (χ0n) is 17.1. The van der Waals surface area contributed by atoms with Crippen LogP contribution < -0.4 is 38.2 Å². The number of phenols is 1. The van der Waals surface area contributed by atoms with Gasteiger partial charge in [-0.25, -0.2) is 9.37 Å². The van der Waals surface area contributed by atoms with Gasteiger partial charge in [0.1, 0.15) is 53.7 Å². The summed E-state index contributed by atoms with van der Waals surface area (Å²) >= 11 is 0. The van der Waals surface area contributed by atoms with E-state index in [1.54, 1.807) is 0 Å². The molecule has 12 heteroatoms. The zero-order chi connectivity index (χ0) is 23.2. The normalized spacial score (nSPS) is 13.5. The standard InChI is InChI=1S/C19H15B4FN4O3/c1-19(2,3)16-13(25-5-26-16)11(23)14-18(31)27-7(17(30)28-14)4-6-8(20)9(21)12(24)10(22)15(6)29/h4-5,29H,1-3H3,(H,25,26)(H,27,31)(H,28,30)/b7-4-,14-11+. The molecule has 7 nitrogen and oxygen atoms in total. The van der Waals surface area contributed by atoms with Crippen molar-refractivity contribution in [3.8, 4) is 5.75 Å². The molecule has 0 bridgehead atoms. The van der Waals surface area contributed by atoms with E-state index in [0.29, 0.717) is 11.4 Å². The molecule has 0 saturated heterocycles. The Morgan fingerprint density at radius 1 is 1.10 bits per heavy atom. The number of nitrogens with one attached hydrogen (secondary N) is 3. The number of hydrogen-bond acceptors (Lipinski definition) is 4. The average molecular weight is 410 g/mol. The fraction of sp³-hybridized carbons (Fsp3) is 0.211. The maximum atomic E-state index is 13.9. The summed E-state index contributed by atoms with van der Waals surface area (Å²) in [5, 5.41) is 9.62. The molecule has 2 aromatic heterocycles. The summed E-state index contributed by atoms with van der Waals surface area (Å²) in [7, 11) is 22.9. The Labute approximate surface area is 181 Å². The Morgan fingerprint density at radius 2 is 1.74 bits per heavy atom. The number of aromatic hydroxyl groups is 1. The van der Waals surface area contributed by atoms with Gasteiger partial charge in [-0.15, -0.1) is 0 Å². The van der Waals surface area contributed by atoms with Crippen molar-refractivity contribution in [2.75, 3.05) is 0 Å². The second-order valence-electron chi connectivity index (χ2n) is 7.95. The van der Waals surface area contributed by atoms with Crippen molar-refractivity contribution < 1.29 is 9.50 Å². The highest BCUT2D eigenvalue weighted by atomic mass is 19.1. The van der Waals surface area contributed by atoms with Crippen molar-refractivity contribution in [3.05, 3.63) is 60.5 Å². The van der Waals surface area contributed by atoms with Gasteiger partial charge in [-0.05, 0) is 17.0 Å². The van der Waals surface area contributed by atoms with Crippen LogP contribution in [0.15, 0.2) is 15.9 Å². The third kappa shape index (κ3) is 3.94. The monoisotopic (exact) mass is 410 g/mol. The Bertz CT molecular complexity index is 1410. The Hall–Kier alpha value is -3.16. The molecule has 0 aliphatic rings. The van der Waals surface area contributed by atoms with Gasteiger partial charge in [-0.2, -0.15) is 0 Å². The Kier molecular flexibility index (Phi) is 5.69. The molecule has 31 heavy (non-hydrogen) atoms. The molecular formula is C19H15B4FN4O3. The van der Waals surface area contributed by atoms with Crippen LogP contribution in [0.25, 0.3) is 11.5 Å². The number of nitrogens with zero attached hydrogens (tertiary/aromatic N) is 1. The summed E-state index contributed by atoms with van der Waals surface area (Å²) in [5.41, 5.74) is -2.57. The average Bonchev–Trinajstić information content (AvgIpc) is 3.20. The van der Waals surface area contributed by atoms with Crippen LogP contribution in [0.3, 0.4) is 0 Å². The van der Waals surface area contributed by atoms with E-state index in [0.717, 1.165) is 6.08 Å². The molecule has 8 radical (unpaired) electrons. The van der Waals surface area contributed by atoms with Crippen LogP contribution in [-0.2, 0) is 5.41 Å². The summed E-state index contributed by atoms with van der Waals surface area (Å²) in [6, 6.07) is 0. The minimum atomic E-state index is -1.08. The van der Waals surface area contributed by atoms with Crippen LogP contribution in [0, 0.1) is 5.82 Å². The van der Waals surface area contributed by atoms with Gasteiger partial charge in [0.15, 0.2) is 0 Å². The quantitative estimate of drug-likeness (QED) is 0.328. The number of halogens is 1. The summed E-state index contributed by atoms with van der Waals surface area (Å²) in [4.78, 5) is 37.2. The number of aromatic amines is 3. The second-order valence-corrected chi connectivity index (χ2v) is 7.95. The molecule has 148 valence electrons. The lowest BCUT2D eigenvalue weighted by Crippen LogP contribution is -2.48. The zero-order valence-corrected chi connectivity index (χ0v) is 17.1. The van der Waals surface area contributed by atoms with Gasteiger partial charge in [-0.3, -0.25) is 9.59 Å². The smallest absolute Gasteiger partial charge is 0.272 e. The molecule has 0 spiro atoms. The van der Waals surface area contributed by atoms with Crippen molar-refractivity contribution in [1.29, 1.82) is 0 Å². The summed E-state index contributed by atoms with van der Waals surface area (Å²) in [6.45, 7) is 5.79. The van der Waals surface area contributed by atoms with Gasteiger partial charge in [0.2, 0.25) is 0 Å². The van der Waals surface area contributed by atoms with E-state index in [4.69, 9.17) is 31.4 Å². The maximum Gasteiger partial charge on any atom is 0.272 e. The predicted molar refractivity (Wildman–Crippen MR) is 120 cm³/mol. The highest BCUT2D eigenvalue weighted by molar-refractivity contribution is 6.52. The second kappa shape index (κ2) is 7.83.